The molecule has 0 aromatic carbocycles. The van der Waals surface area contributed by atoms with E-state index in [1.807, 2.05) is 14.1 Å². The van der Waals surface area contributed by atoms with Crippen molar-refractivity contribution in [1.29, 1.82) is 0 Å². The zero-order chi connectivity index (χ0) is 11.4. The van der Waals surface area contributed by atoms with Crippen LogP contribution >= 0.6 is 15.9 Å². The minimum atomic E-state index is -0.451. The molecule has 0 saturated heterocycles. The topological polar surface area (TPSA) is 59.3 Å². The van der Waals surface area contributed by atoms with Crippen molar-refractivity contribution >= 4 is 27.7 Å². The van der Waals surface area contributed by atoms with Gasteiger partial charge in [-0.1, -0.05) is 0 Å². The van der Waals surface area contributed by atoms with Gasteiger partial charge in [0.25, 0.3) is 5.69 Å². The molecule has 0 atom stereocenters. The molecule has 0 bridgehead atoms. The number of hydrogen-bond acceptors (Lipinski definition) is 4. The average Bonchev–Trinajstić information content (AvgIpc) is 2.15. The summed E-state index contributed by atoms with van der Waals surface area (Å²) in [4.78, 5) is 15.8. The molecule has 0 spiro atoms. The zero-order valence-electron chi connectivity index (χ0n) is 8.35. The quantitative estimate of drug-likeness (QED) is 0.625. The van der Waals surface area contributed by atoms with E-state index in [-0.39, 0.29) is 5.69 Å². The van der Waals surface area contributed by atoms with Crippen LogP contribution in [0.25, 0.3) is 6.08 Å². The molecule has 1 aromatic heterocycles. The van der Waals surface area contributed by atoms with Gasteiger partial charge in [-0.3, -0.25) is 15.1 Å². The van der Waals surface area contributed by atoms with E-state index >= 15 is 0 Å². The maximum atomic E-state index is 10.7. The van der Waals surface area contributed by atoms with Crippen molar-refractivity contribution in [3.63, 3.8) is 0 Å². The molecular formula is C9H10BrN3O2. The van der Waals surface area contributed by atoms with Crippen LogP contribution < -0.4 is 0 Å². The first kappa shape index (κ1) is 11.6. The van der Waals surface area contributed by atoms with Gasteiger partial charge in [-0.15, -0.1) is 0 Å². The van der Waals surface area contributed by atoms with Gasteiger partial charge in [0.05, 0.1) is 15.0 Å². The Kier molecular flexibility index (Phi) is 3.79. The van der Waals surface area contributed by atoms with Crippen LogP contribution in [0, 0.1) is 10.1 Å². The number of nitro groups is 1. The van der Waals surface area contributed by atoms with Crippen LogP contribution in [-0.2, 0) is 0 Å². The fourth-order valence-corrected chi connectivity index (χ4v) is 1.42. The van der Waals surface area contributed by atoms with Gasteiger partial charge in [-0.2, -0.15) is 0 Å². The molecule has 0 radical (unpaired) electrons. The average molecular weight is 272 g/mol. The van der Waals surface area contributed by atoms with Gasteiger partial charge in [-0.05, 0) is 28.2 Å². The summed E-state index contributed by atoms with van der Waals surface area (Å²) in [6.45, 7) is 0. The molecule has 1 aromatic rings. The summed E-state index contributed by atoms with van der Waals surface area (Å²) in [6.07, 6.45) is 6.18. The summed E-state index contributed by atoms with van der Waals surface area (Å²) in [5.41, 5.74) is 0.506. The molecule has 5 nitrogen and oxygen atoms in total. The van der Waals surface area contributed by atoms with E-state index < -0.39 is 4.92 Å². The Hall–Kier alpha value is -1.43. The second kappa shape index (κ2) is 4.88. The SMILES string of the molecule is CN(C)/C=C\c1c(Br)cncc1[N+](=O)[O-]. The lowest BCUT2D eigenvalue weighted by atomic mass is 10.2. The fourth-order valence-electron chi connectivity index (χ4n) is 0.969. The van der Waals surface area contributed by atoms with Crippen LogP contribution in [0.3, 0.4) is 0 Å². The predicted octanol–water partition coefficient (Wildman–Crippen LogP) is 2.28. The first-order valence-electron chi connectivity index (χ1n) is 4.15. The minimum Gasteiger partial charge on any atom is -0.383 e. The smallest absolute Gasteiger partial charge is 0.295 e. The van der Waals surface area contributed by atoms with Gasteiger partial charge in [0.2, 0.25) is 0 Å². The predicted molar refractivity (Wildman–Crippen MR) is 61.3 cm³/mol. The highest BCUT2D eigenvalue weighted by Crippen LogP contribution is 2.26. The lowest BCUT2D eigenvalue weighted by Gasteiger charge is -2.04. The summed E-state index contributed by atoms with van der Waals surface area (Å²) in [6, 6.07) is 0. The number of hydrogen-bond donors (Lipinski definition) is 0. The maximum absolute atomic E-state index is 10.7. The molecule has 0 amide bonds. The highest BCUT2D eigenvalue weighted by Gasteiger charge is 2.14. The monoisotopic (exact) mass is 271 g/mol. The van der Waals surface area contributed by atoms with Gasteiger partial charge in [0, 0.05) is 20.3 Å². The Balaban J connectivity index is 3.19. The summed E-state index contributed by atoms with van der Waals surface area (Å²) < 4.78 is 0.606. The van der Waals surface area contributed by atoms with Gasteiger partial charge in [0.1, 0.15) is 6.20 Å². The third kappa shape index (κ3) is 3.02. The standard InChI is InChI=1S/C9H10BrN3O2/c1-12(2)4-3-7-8(10)5-11-6-9(7)13(14)15/h3-6H,1-2H3/b4-3-. The van der Waals surface area contributed by atoms with Crippen LogP contribution in [0.15, 0.2) is 23.1 Å². The van der Waals surface area contributed by atoms with E-state index in [0.29, 0.717) is 10.0 Å². The van der Waals surface area contributed by atoms with E-state index in [4.69, 9.17) is 0 Å². The Morgan fingerprint density at radius 1 is 1.53 bits per heavy atom. The first-order valence-corrected chi connectivity index (χ1v) is 4.94. The highest BCUT2D eigenvalue weighted by molar-refractivity contribution is 9.10. The molecule has 0 saturated carbocycles. The summed E-state index contributed by atoms with van der Waals surface area (Å²) >= 11 is 3.23. The molecule has 0 aliphatic carbocycles. The molecule has 15 heavy (non-hydrogen) atoms. The van der Waals surface area contributed by atoms with Crippen LogP contribution in [0.2, 0.25) is 0 Å². The molecule has 0 aliphatic rings. The van der Waals surface area contributed by atoms with Crippen molar-refractivity contribution in [1.82, 2.24) is 9.88 Å². The van der Waals surface area contributed by atoms with Crippen LogP contribution in [0.4, 0.5) is 5.69 Å². The molecule has 0 unspecified atom stereocenters. The van der Waals surface area contributed by atoms with Crippen molar-refractivity contribution in [2.45, 2.75) is 0 Å². The molecular weight excluding hydrogens is 262 g/mol. The molecule has 6 heteroatoms. The minimum absolute atomic E-state index is 0.0116. The van der Waals surface area contributed by atoms with Crippen molar-refractivity contribution in [3.05, 3.63) is 38.7 Å². The molecule has 0 aliphatic heterocycles. The van der Waals surface area contributed by atoms with Gasteiger partial charge >= 0.3 is 0 Å². The van der Waals surface area contributed by atoms with Gasteiger partial charge < -0.3 is 4.90 Å². The second-order valence-corrected chi connectivity index (χ2v) is 3.94. The lowest BCUT2D eigenvalue weighted by Crippen LogP contribution is -2.00. The largest absolute Gasteiger partial charge is 0.383 e. The highest BCUT2D eigenvalue weighted by atomic mass is 79.9. The van der Waals surface area contributed by atoms with Gasteiger partial charge in [-0.25, -0.2) is 0 Å². The van der Waals surface area contributed by atoms with Crippen molar-refractivity contribution in [2.24, 2.45) is 0 Å². The van der Waals surface area contributed by atoms with E-state index in [1.165, 1.54) is 12.4 Å². The molecule has 80 valence electrons. The van der Waals surface area contributed by atoms with Crippen LogP contribution in [0.5, 0.6) is 0 Å². The fraction of sp³-hybridized carbons (Fsp3) is 0.222. The second-order valence-electron chi connectivity index (χ2n) is 3.09. The number of nitrogens with zero attached hydrogens (tertiary/aromatic N) is 3. The summed E-state index contributed by atoms with van der Waals surface area (Å²) in [5, 5.41) is 10.7. The number of rotatable bonds is 3. The van der Waals surface area contributed by atoms with E-state index in [9.17, 15) is 10.1 Å². The Morgan fingerprint density at radius 2 is 2.20 bits per heavy atom. The third-order valence-corrected chi connectivity index (χ3v) is 2.29. The number of aromatic nitrogens is 1. The van der Waals surface area contributed by atoms with Crippen LogP contribution in [-0.4, -0.2) is 28.9 Å². The van der Waals surface area contributed by atoms with E-state index in [2.05, 4.69) is 20.9 Å². The Labute approximate surface area is 95.7 Å². The van der Waals surface area contributed by atoms with Crippen molar-refractivity contribution in [2.75, 3.05) is 14.1 Å². The molecule has 0 N–H and O–H groups in total. The molecule has 1 rings (SSSR count). The molecule has 1 heterocycles. The Morgan fingerprint density at radius 3 is 2.73 bits per heavy atom. The number of pyridine rings is 1. The Bertz CT molecular complexity index is 404. The van der Waals surface area contributed by atoms with Crippen molar-refractivity contribution < 1.29 is 4.92 Å². The molecule has 0 fully saturated rings. The normalized spacial score (nSPS) is 10.6. The van der Waals surface area contributed by atoms with Gasteiger partial charge in [0.15, 0.2) is 0 Å². The third-order valence-electron chi connectivity index (χ3n) is 1.65. The number of halogens is 1. The van der Waals surface area contributed by atoms with E-state index in [1.54, 1.807) is 17.2 Å². The summed E-state index contributed by atoms with van der Waals surface area (Å²) in [5.74, 6) is 0. The zero-order valence-corrected chi connectivity index (χ0v) is 9.93. The van der Waals surface area contributed by atoms with E-state index in [0.717, 1.165) is 0 Å². The maximum Gasteiger partial charge on any atom is 0.295 e. The lowest BCUT2D eigenvalue weighted by molar-refractivity contribution is -0.385. The van der Waals surface area contributed by atoms with Crippen molar-refractivity contribution in [3.8, 4) is 0 Å². The van der Waals surface area contributed by atoms with Crippen LogP contribution in [0.1, 0.15) is 5.56 Å². The summed E-state index contributed by atoms with van der Waals surface area (Å²) in [7, 11) is 3.69. The first-order chi connectivity index (χ1) is 7.02.